The molecule has 0 radical (unpaired) electrons. The van der Waals surface area contributed by atoms with Crippen molar-refractivity contribution in [3.63, 3.8) is 0 Å². The lowest BCUT2D eigenvalue weighted by Crippen LogP contribution is -2.26. The normalized spacial score (nSPS) is 12.6. The molecule has 6 nitrogen and oxygen atoms in total. The van der Waals surface area contributed by atoms with Gasteiger partial charge in [0.1, 0.15) is 23.2 Å². The van der Waals surface area contributed by atoms with E-state index >= 15 is 0 Å². The average Bonchev–Trinajstić information content (AvgIpc) is 3.21. The van der Waals surface area contributed by atoms with E-state index in [1.807, 2.05) is 0 Å². The molecule has 0 fully saturated rings. The topological polar surface area (TPSA) is 64.7 Å². The molecule has 0 aliphatic heterocycles. The first-order chi connectivity index (χ1) is 15.0. The Morgan fingerprint density at radius 2 is 1.78 bits per heavy atom. The minimum absolute atomic E-state index is 0.104. The lowest BCUT2D eigenvalue weighted by atomic mass is 10.2. The van der Waals surface area contributed by atoms with Crippen LogP contribution in [-0.2, 0) is 11.3 Å². The number of aryl methyl sites for hydroxylation is 1. The number of nitrogens with one attached hydrogen (secondary N) is 1. The van der Waals surface area contributed by atoms with Crippen molar-refractivity contribution in [2.24, 2.45) is 0 Å². The van der Waals surface area contributed by atoms with Gasteiger partial charge in [0.15, 0.2) is 0 Å². The largest absolute Gasteiger partial charge is 0.321 e. The van der Waals surface area contributed by atoms with Crippen LogP contribution >= 0.6 is 11.6 Å². The summed E-state index contributed by atoms with van der Waals surface area (Å²) in [5.74, 6) is -1.20. The molecule has 32 heavy (non-hydrogen) atoms. The van der Waals surface area contributed by atoms with Gasteiger partial charge < -0.3 is 5.32 Å². The van der Waals surface area contributed by atoms with Crippen molar-refractivity contribution >= 4 is 23.2 Å². The molecule has 1 N–H and O–H groups in total. The Morgan fingerprint density at radius 1 is 1.12 bits per heavy atom. The maximum absolute atomic E-state index is 14.0. The first kappa shape index (κ1) is 23.7. The van der Waals surface area contributed by atoms with Crippen LogP contribution in [0.2, 0.25) is 5.02 Å². The van der Waals surface area contributed by atoms with Crippen LogP contribution in [0.3, 0.4) is 0 Å². The second-order valence-electron chi connectivity index (χ2n) is 7.09. The average molecular weight is 476 g/mol. The number of hydrogen-bond acceptors (Lipinski definition) is 3. The molecular weight excluding hydrogens is 457 g/mol. The van der Waals surface area contributed by atoms with Gasteiger partial charge >= 0.3 is 0 Å². The summed E-state index contributed by atoms with van der Waals surface area (Å²) in [6, 6.07) is 4.77. The fourth-order valence-electron chi connectivity index (χ4n) is 3.23. The summed E-state index contributed by atoms with van der Waals surface area (Å²) in [4.78, 5) is 12.8. The van der Waals surface area contributed by atoms with Gasteiger partial charge in [-0.25, -0.2) is 26.6 Å². The summed E-state index contributed by atoms with van der Waals surface area (Å²) in [5, 5.41) is 9.43. The molecule has 172 valence electrons. The van der Waals surface area contributed by atoms with E-state index in [2.05, 4.69) is 15.5 Å². The third-order valence-electron chi connectivity index (χ3n) is 4.98. The molecule has 0 bridgehead atoms. The molecule has 1 atom stereocenters. The molecule has 3 rings (SSSR count). The highest BCUT2D eigenvalue weighted by Crippen LogP contribution is 2.36. The monoisotopic (exact) mass is 475 g/mol. The standard InChI is InChI=1S/C20H19ClF5N5O/c1-9-15(10(2)30(28-9)8-12-6-4-5-7-13(12)22)27-20(32)11(3)31-17(19(25)26)14(21)16(29-31)18(23)24/h4-7,11,18-19H,8H2,1-3H3,(H,27,32). The molecule has 0 aliphatic carbocycles. The molecule has 0 spiro atoms. The van der Waals surface area contributed by atoms with Gasteiger partial charge in [0.25, 0.3) is 12.9 Å². The van der Waals surface area contributed by atoms with Crippen molar-refractivity contribution in [3.05, 3.63) is 63.4 Å². The second-order valence-corrected chi connectivity index (χ2v) is 7.47. The molecule has 3 aromatic rings. The number of hydrogen-bond donors (Lipinski definition) is 1. The zero-order valence-electron chi connectivity index (χ0n) is 17.2. The van der Waals surface area contributed by atoms with Gasteiger partial charge in [0.05, 0.1) is 28.6 Å². The minimum Gasteiger partial charge on any atom is -0.321 e. The van der Waals surface area contributed by atoms with Crippen molar-refractivity contribution < 1.29 is 26.7 Å². The molecule has 1 unspecified atom stereocenters. The van der Waals surface area contributed by atoms with E-state index in [4.69, 9.17) is 11.6 Å². The third-order valence-corrected chi connectivity index (χ3v) is 5.37. The smallest absolute Gasteiger partial charge is 0.283 e. The fraction of sp³-hybridized carbons (Fsp3) is 0.350. The summed E-state index contributed by atoms with van der Waals surface area (Å²) in [6.07, 6.45) is -6.40. The van der Waals surface area contributed by atoms with Gasteiger partial charge in [0.2, 0.25) is 5.91 Å². The zero-order valence-corrected chi connectivity index (χ0v) is 18.0. The Morgan fingerprint density at radius 3 is 2.38 bits per heavy atom. The number of amides is 1. The van der Waals surface area contributed by atoms with E-state index in [1.54, 1.807) is 32.0 Å². The van der Waals surface area contributed by atoms with E-state index in [-0.39, 0.29) is 6.54 Å². The number of halogens is 6. The summed E-state index contributed by atoms with van der Waals surface area (Å²) < 4.78 is 68.9. The molecule has 0 saturated carbocycles. The van der Waals surface area contributed by atoms with Crippen LogP contribution in [0.15, 0.2) is 24.3 Å². The SMILES string of the molecule is Cc1nn(Cc2ccccc2F)c(C)c1NC(=O)C(C)n1nc(C(F)F)c(Cl)c1C(F)F. The van der Waals surface area contributed by atoms with Crippen LogP contribution in [0.1, 0.15) is 54.2 Å². The number of anilines is 1. The predicted octanol–water partition coefficient (Wildman–Crippen LogP) is 5.61. The van der Waals surface area contributed by atoms with Crippen molar-refractivity contribution in [2.45, 2.75) is 46.2 Å². The number of nitrogens with zero attached hydrogens (tertiary/aromatic N) is 4. The summed E-state index contributed by atoms with van der Waals surface area (Å²) in [6.45, 7) is 4.59. The zero-order chi connectivity index (χ0) is 23.7. The van der Waals surface area contributed by atoms with Crippen LogP contribution in [0.25, 0.3) is 0 Å². The quantitative estimate of drug-likeness (QED) is 0.452. The van der Waals surface area contributed by atoms with Crippen LogP contribution < -0.4 is 5.32 Å². The Labute approximate surface area is 185 Å². The van der Waals surface area contributed by atoms with Crippen LogP contribution in [-0.4, -0.2) is 25.5 Å². The van der Waals surface area contributed by atoms with E-state index in [1.165, 1.54) is 17.7 Å². The first-order valence-electron chi connectivity index (χ1n) is 9.45. The van der Waals surface area contributed by atoms with Crippen molar-refractivity contribution in [1.82, 2.24) is 19.6 Å². The number of rotatable bonds is 7. The van der Waals surface area contributed by atoms with Gasteiger partial charge in [-0.05, 0) is 26.8 Å². The third kappa shape index (κ3) is 4.47. The highest BCUT2D eigenvalue weighted by atomic mass is 35.5. The van der Waals surface area contributed by atoms with Crippen molar-refractivity contribution in [2.75, 3.05) is 5.32 Å². The predicted molar refractivity (Wildman–Crippen MR) is 108 cm³/mol. The Hall–Kier alpha value is -2.95. The maximum atomic E-state index is 14.0. The number of aromatic nitrogens is 4. The lowest BCUT2D eigenvalue weighted by molar-refractivity contribution is -0.119. The van der Waals surface area contributed by atoms with Crippen molar-refractivity contribution in [3.8, 4) is 0 Å². The van der Waals surface area contributed by atoms with E-state index < -0.39 is 47.0 Å². The number of benzene rings is 1. The maximum Gasteiger partial charge on any atom is 0.283 e. The number of alkyl halides is 4. The van der Waals surface area contributed by atoms with E-state index in [9.17, 15) is 26.7 Å². The summed E-state index contributed by atoms with van der Waals surface area (Å²) >= 11 is 5.65. The van der Waals surface area contributed by atoms with E-state index in [0.717, 1.165) is 0 Å². The summed E-state index contributed by atoms with van der Waals surface area (Å²) in [7, 11) is 0. The Bertz CT molecular complexity index is 1140. The molecule has 0 saturated heterocycles. The second kappa shape index (κ2) is 9.27. The van der Waals surface area contributed by atoms with Crippen LogP contribution in [0.4, 0.5) is 27.6 Å². The first-order valence-corrected chi connectivity index (χ1v) is 9.83. The lowest BCUT2D eigenvalue weighted by Gasteiger charge is -2.16. The van der Waals surface area contributed by atoms with Gasteiger partial charge in [-0.15, -0.1) is 0 Å². The molecule has 0 aliphatic rings. The van der Waals surface area contributed by atoms with Crippen LogP contribution in [0.5, 0.6) is 0 Å². The molecule has 2 heterocycles. The van der Waals surface area contributed by atoms with Gasteiger partial charge in [0, 0.05) is 5.56 Å². The highest BCUT2D eigenvalue weighted by Gasteiger charge is 2.32. The molecule has 1 amide bonds. The van der Waals surface area contributed by atoms with Crippen LogP contribution in [0, 0.1) is 19.7 Å². The van der Waals surface area contributed by atoms with Crippen molar-refractivity contribution in [1.29, 1.82) is 0 Å². The fourth-order valence-corrected chi connectivity index (χ4v) is 3.52. The molecule has 2 aromatic heterocycles. The van der Waals surface area contributed by atoms with Gasteiger partial charge in [-0.2, -0.15) is 10.2 Å². The molecule has 12 heteroatoms. The minimum atomic E-state index is -3.22. The summed E-state index contributed by atoms with van der Waals surface area (Å²) in [5.41, 5.74) is -0.409. The Kier molecular flexibility index (Phi) is 6.87. The van der Waals surface area contributed by atoms with Gasteiger partial charge in [-0.1, -0.05) is 29.8 Å². The molecule has 1 aromatic carbocycles. The number of carbonyl (C=O) groups is 1. The Balaban J connectivity index is 1.87. The molecular formula is C20H19ClF5N5O. The van der Waals surface area contributed by atoms with E-state index in [0.29, 0.717) is 27.3 Å². The highest BCUT2D eigenvalue weighted by molar-refractivity contribution is 6.32. The number of carbonyl (C=O) groups excluding carboxylic acids is 1. The van der Waals surface area contributed by atoms with Gasteiger partial charge in [-0.3, -0.25) is 9.48 Å².